The van der Waals surface area contributed by atoms with E-state index in [0.717, 1.165) is 53.2 Å². The van der Waals surface area contributed by atoms with E-state index in [1.807, 2.05) is 36.4 Å². The van der Waals surface area contributed by atoms with Crippen molar-refractivity contribution in [1.29, 1.82) is 0 Å². The summed E-state index contributed by atoms with van der Waals surface area (Å²) < 4.78 is 0.816. The zero-order chi connectivity index (χ0) is 17.8. The van der Waals surface area contributed by atoms with Gasteiger partial charge in [0.2, 0.25) is 5.91 Å². The number of nitrogens with one attached hydrogen (secondary N) is 1. The normalized spacial score (nSPS) is 18.1. The van der Waals surface area contributed by atoms with Gasteiger partial charge in [0.15, 0.2) is 0 Å². The highest BCUT2D eigenvalue weighted by Crippen LogP contribution is 2.27. The Bertz CT molecular complexity index is 769. The van der Waals surface area contributed by atoms with E-state index in [4.69, 9.17) is 23.2 Å². The molecule has 6 heteroatoms. The molecule has 1 amide bonds. The Morgan fingerprint density at radius 2 is 2.00 bits per heavy atom. The number of carbonyl (C=O) groups excluding carboxylic acids is 1. The molecule has 1 heterocycles. The molecule has 0 saturated carbocycles. The van der Waals surface area contributed by atoms with E-state index in [-0.39, 0.29) is 11.8 Å². The van der Waals surface area contributed by atoms with Gasteiger partial charge in [0, 0.05) is 28.3 Å². The van der Waals surface area contributed by atoms with Crippen LogP contribution in [0.1, 0.15) is 18.4 Å². The molecule has 1 unspecified atom stereocenters. The molecule has 0 aromatic heterocycles. The molecule has 1 fully saturated rings. The van der Waals surface area contributed by atoms with E-state index >= 15 is 0 Å². The third kappa shape index (κ3) is 4.98. The van der Waals surface area contributed by atoms with Gasteiger partial charge in [0.25, 0.3) is 0 Å². The fraction of sp³-hybridized carbons (Fsp3) is 0.316. The highest BCUT2D eigenvalue weighted by Gasteiger charge is 2.26. The number of benzene rings is 2. The minimum atomic E-state index is -0.0290. The number of carbonyl (C=O) groups is 1. The van der Waals surface area contributed by atoms with Gasteiger partial charge in [-0.2, -0.15) is 0 Å². The molecule has 2 aromatic rings. The average Bonchev–Trinajstić information content (AvgIpc) is 2.60. The van der Waals surface area contributed by atoms with Crippen LogP contribution in [0.25, 0.3) is 0 Å². The maximum atomic E-state index is 12.6. The van der Waals surface area contributed by atoms with E-state index < -0.39 is 0 Å². The van der Waals surface area contributed by atoms with Crippen molar-refractivity contribution in [3.05, 3.63) is 62.5 Å². The third-order valence-corrected chi connectivity index (χ3v) is 6.02. The second kappa shape index (κ2) is 8.54. The topological polar surface area (TPSA) is 32.3 Å². The highest BCUT2D eigenvalue weighted by atomic mass is 79.9. The molecule has 1 aliphatic heterocycles. The van der Waals surface area contributed by atoms with E-state index in [1.54, 1.807) is 6.07 Å². The molecule has 1 N–H and O–H groups in total. The van der Waals surface area contributed by atoms with Gasteiger partial charge < -0.3 is 5.32 Å². The molecule has 2 aromatic carbocycles. The van der Waals surface area contributed by atoms with Crippen LogP contribution < -0.4 is 5.32 Å². The Hall–Kier alpha value is -1.07. The number of anilines is 1. The molecule has 3 nitrogen and oxygen atoms in total. The Morgan fingerprint density at radius 3 is 2.76 bits per heavy atom. The summed E-state index contributed by atoms with van der Waals surface area (Å²) in [5.74, 6) is 0.0147. The van der Waals surface area contributed by atoms with Crippen LogP contribution in [-0.2, 0) is 11.3 Å². The lowest BCUT2D eigenvalue weighted by molar-refractivity contribution is -0.121. The molecule has 0 aliphatic carbocycles. The van der Waals surface area contributed by atoms with Crippen LogP contribution in [-0.4, -0.2) is 23.9 Å². The summed E-state index contributed by atoms with van der Waals surface area (Å²) in [6, 6.07) is 13.3. The Kier molecular flexibility index (Phi) is 6.39. The molecular formula is C19H19BrCl2N2O. The molecule has 25 heavy (non-hydrogen) atoms. The highest BCUT2D eigenvalue weighted by molar-refractivity contribution is 9.10. The lowest BCUT2D eigenvalue weighted by Crippen LogP contribution is -2.40. The monoisotopic (exact) mass is 440 g/mol. The minimum absolute atomic E-state index is 0.0290. The number of amides is 1. The van der Waals surface area contributed by atoms with E-state index in [9.17, 15) is 4.79 Å². The quantitative estimate of drug-likeness (QED) is 0.668. The predicted molar refractivity (Wildman–Crippen MR) is 107 cm³/mol. The lowest BCUT2D eigenvalue weighted by atomic mass is 9.96. The zero-order valence-corrected chi connectivity index (χ0v) is 16.7. The van der Waals surface area contributed by atoms with Crippen molar-refractivity contribution >= 4 is 50.7 Å². The fourth-order valence-corrected chi connectivity index (χ4v) is 3.72. The van der Waals surface area contributed by atoms with Gasteiger partial charge >= 0.3 is 0 Å². The summed E-state index contributed by atoms with van der Waals surface area (Å²) in [6.45, 7) is 2.49. The summed E-state index contributed by atoms with van der Waals surface area (Å²) >= 11 is 15.7. The smallest absolute Gasteiger partial charge is 0.228 e. The lowest BCUT2D eigenvalue weighted by Gasteiger charge is -2.32. The number of rotatable bonds is 4. The average molecular weight is 442 g/mol. The molecule has 0 bridgehead atoms. The maximum absolute atomic E-state index is 12.6. The fourth-order valence-electron chi connectivity index (χ4n) is 3.10. The molecule has 0 radical (unpaired) electrons. The number of nitrogens with zero attached hydrogens (tertiary/aromatic N) is 1. The Labute approximate surface area is 166 Å². The van der Waals surface area contributed by atoms with Crippen LogP contribution in [0.4, 0.5) is 5.69 Å². The molecule has 132 valence electrons. The van der Waals surface area contributed by atoms with Crippen LogP contribution in [0.3, 0.4) is 0 Å². The van der Waals surface area contributed by atoms with Crippen molar-refractivity contribution in [2.45, 2.75) is 19.4 Å². The van der Waals surface area contributed by atoms with Gasteiger partial charge in [-0.25, -0.2) is 0 Å². The first-order chi connectivity index (χ1) is 12.0. The predicted octanol–water partition coefficient (Wildman–Crippen LogP) is 5.61. The van der Waals surface area contributed by atoms with Gasteiger partial charge in [0.05, 0.1) is 10.9 Å². The van der Waals surface area contributed by atoms with Gasteiger partial charge in [-0.1, -0.05) is 41.4 Å². The van der Waals surface area contributed by atoms with Crippen molar-refractivity contribution < 1.29 is 4.79 Å². The van der Waals surface area contributed by atoms with Crippen LogP contribution in [0.2, 0.25) is 10.0 Å². The minimum Gasteiger partial charge on any atom is -0.326 e. The zero-order valence-electron chi connectivity index (χ0n) is 13.6. The number of piperidine rings is 1. The first-order valence-corrected chi connectivity index (χ1v) is 9.79. The Balaban J connectivity index is 1.61. The number of hydrogen-bond acceptors (Lipinski definition) is 2. The second-order valence-corrected chi connectivity index (χ2v) is 7.95. The van der Waals surface area contributed by atoms with Crippen molar-refractivity contribution in [2.75, 3.05) is 18.4 Å². The van der Waals surface area contributed by atoms with Crippen LogP contribution in [0.5, 0.6) is 0 Å². The number of hydrogen-bond donors (Lipinski definition) is 1. The summed E-state index contributed by atoms with van der Waals surface area (Å²) in [6.07, 6.45) is 1.90. The van der Waals surface area contributed by atoms with Gasteiger partial charge in [-0.05, 0) is 65.1 Å². The molecule has 1 aliphatic rings. The molecule has 0 spiro atoms. The summed E-state index contributed by atoms with van der Waals surface area (Å²) in [5.41, 5.74) is 1.83. The first kappa shape index (κ1) is 18.7. The number of halogens is 3. The van der Waals surface area contributed by atoms with Crippen LogP contribution >= 0.6 is 39.1 Å². The first-order valence-electron chi connectivity index (χ1n) is 8.24. The standard InChI is InChI=1S/C19H19BrCl2N2O/c20-16-8-7-15(10-18(16)22)23-19(25)14-5-3-9-24(12-14)11-13-4-1-2-6-17(13)21/h1-2,4,6-8,10,14H,3,5,9,11-12H2,(H,23,25). The molecule has 1 saturated heterocycles. The van der Waals surface area contributed by atoms with E-state index in [2.05, 4.69) is 26.1 Å². The van der Waals surface area contributed by atoms with Crippen molar-refractivity contribution in [3.63, 3.8) is 0 Å². The van der Waals surface area contributed by atoms with Crippen LogP contribution in [0, 0.1) is 5.92 Å². The maximum Gasteiger partial charge on any atom is 0.228 e. The van der Waals surface area contributed by atoms with E-state index in [0.29, 0.717) is 5.02 Å². The molecule has 3 rings (SSSR count). The Morgan fingerprint density at radius 1 is 1.20 bits per heavy atom. The largest absolute Gasteiger partial charge is 0.326 e. The van der Waals surface area contributed by atoms with Gasteiger partial charge in [-0.15, -0.1) is 0 Å². The van der Waals surface area contributed by atoms with Crippen molar-refractivity contribution in [1.82, 2.24) is 4.90 Å². The molecule has 1 atom stereocenters. The summed E-state index contributed by atoms with van der Waals surface area (Å²) in [5, 5.41) is 4.34. The van der Waals surface area contributed by atoms with Crippen molar-refractivity contribution in [3.8, 4) is 0 Å². The SMILES string of the molecule is O=C(Nc1ccc(Br)c(Cl)c1)C1CCCN(Cc2ccccc2Cl)C1. The summed E-state index contributed by atoms with van der Waals surface area (Å²) in [7, 11) is 0. The molecular weight excluding hydrogens is 423 g/mol. The third-order valence-electron chi connectivity index (χ3n) is 4.42. The second-order valence-electron chi connectivity index (χ2n) is 6.28. The van der Waals surface area contributed by atoms with Gasteiger partial charge in [-0.3, -0.25) is 9.69 Å². The van der Waals surface area contributed by atoms with Gasteiger partial charge in [0.1, 0.15) is 0 Å². The van der Waals surface area contributed by atoms with Crippen molar-refractivity contribution in [2.24, 2.45) is 5.92 Å². The van der Waals surface area contributed by atoms with E-state index in [1.165, 1.54) is 0 Å². The van der Waals surface area contributed by atoms with Crippen LogP contribution in [0.15, 0.2) is 46.9 Å². The summed E-state index contributed by atoms with van der Waals surface area (Å²) in [4.78, 5) is 14.9. The number of likely N-dealkylation sites (tertiary alicyclic amines) is 1.